The quantitative estimate of drug-likeness (QED) is 0.546. The summed E-state index contributed by atoms with van der Waals surface area (Å²) in [6, 6.07) is 14.3. The van der Waals surface area contributed by atoms with Gasteiger partial charge in [0.15, 0.2) is 0 Å². The third kappa shape index (κ3) is 3.41. The fraction of sp³-hybridized carbons (Fsp3) is 0.100. The number of ether oxygens (including phenoxy) is 1. The number of imide groups is 1. The van der Waals surface area contributed by atoms with E-state index in [9.17, 15) is 9.59 Å². The molecule has 1 aliphatic rings. The van der Waals surface area contributed by atoms with Crippen LogP contribution < -0.4 is 4.74 Å². The molecule has 0 radical (unpaired) electrons. The number of nitrogens with zero attached hydrogens (tertiary/aromatic N) is 1. The first-order valence-electron chi connectivity index (χ1n) is 7.85. The fourth-order valence-electron chi connectivity index (χ4n) is 2.65. The number of carbonyl (C=O) groups excluding carboxylic acids is 2. The first-order valence-corrected chi connectivity index (χ1v) is 9.04. The van der Waals surface area contributed by atoms with E-state index in [-0.39, 0.29) is 18.4 Å². The van der Waals surface area contributed by atoms with Gasteiger partial charge in [0.25, 0.3) is 11.8 Å². The summed E-state index contributed by atoms with van der Waals surface area (Å²) >= 11 is 7.17. The Morgan fingerprint density at radius 1 is 1.12 bits per heavy atom. The average Bonchev–Trinajstić information content (AvgIpc) is 2.88. The molecule has 0 atom stereocenters. The third-order valence-electron chi connectivity index (χ3n) is 3.85. The van der Waals surface area contributed by atoms with E-state index in [2.05, 4.69) is 6.58 Å². The van der Waals surface area contributed by atoms with Crippen LogP contribution in [0.5, 0.6) is 5.75 Å². The molecule has 0 N–H and O–H groups in total. The summed E-state index contributed by atoms with van der Waals surface area (Å²) in [6.45, 7) is 3.79. The van der Waals surface area contributed by atoms with Crippen molar-refractivity contribution in [2.45, 2.75) is 4.90 Å². The number of hydrogen-bond donors (Lipinski definition) is 0. The van der Waals surface area contributed by atoms with Crippen LogP contribution in [0.1, 0.15) is 5.56 Å². The summed E-state index contributed by atoms with van der Waals surface area (Å²) in [6.07, 6.45) is 1.53. The van der Waals surface area contributed by atoms with E-state index in [1.54, 1.807) is 24.3 Å². The topological polar surface area (TPSA) is 46.6 Å². The zero-order valence-corrected chi connectivity index (χ0v) is 15.6. The van der Waals surface area contributed by atoms with Gasteiger partial charge in [0.05, 0.1) is 17.6 Å². The van der Waals surface area contributed by atoms with E-state index in [1.165, 1.54) is 29.8 Å². The lowest BCUT2D eigenvalue weighted by atomic mass is 10.1. The molecule has 3 rings (SSSR count). The van der Waals surface area contributed by atoms with E-state index in [1.807, 2.05) is 24.3 Å². The Hall–Kier alpha value is -2.50. The second kappa shape index (κ2) is 7.81. The van der Waals surface area contributed by atoms with Crippen molar-refractivity contribution in [3.05, 3.63) is 76.7 Å². The molecule has 2 amide bonds. The maximum absolute atomic E-state index is 12.9. The number of thioether (sulfide) groups is 1. The Balaban J connectivity index is 2.12. The molecule has 132 valence electrons. The Morgan fingerprint density at radius 2 is 1.81 bits per heavy atom. The highest BCUT2D eigenvalue weighted by molar-refractivity contribution is 8.04. The second-order valence-corrected chi connectivity index (χ2v) is 6.99. The number of carbonyl (C=O) groups is 2. The van der Waals surface area contributed by atoms with Crippen LogP contribution in [0.25, 0.3) is 5.57 Å². The zero-order valence-electron chi connectivity index (χ0n) is 14.1. The number of methoxy groups -OCH3 is 1. The molecule has 0 saturated heterocycles. The average molecular weight is 386 g/mol. The van der Waals surface area contributed by atoms with Gasteiger partial charge in [-0.05, 0) is 30.3 Å². The maximum Gasteiger partial charge on any atom is 0.268 e. The lowest BCUT2D eigenvalue weighted by molar-refractivity contribution is -0.135. The van der Waals surface area contributed by atoms with Gasteiger partial charge in [-0.1, -0.05) is 47.6 Å². The highest BCUT2D eigenvalue weighted by Gasteiger charge is 2.39. The summed E-state index contributed by atoms with van der Waals surface area (Å²) in [5, 5.41) is 0.607. The normalized spacial score (nSPS) is 14.2. The van der Waals surface area contributed by atoms with Crippen molar-refractivity contribution < 1.29 is 14.3 Å². The number of benzene rings is 2. The predicted octanol–water partition coefficient (Wildman–Crippen LogP) is 4.41. The minimum Gasteiger partial charge on any atom is -0.496 e. The number of rotatable bonds is 6. The summed E-state index contributed by atoms with van der Waals surface area (Å²) in [7, 11) is 1.54. The molecule has 26 heavy (non-hydrogen) atoms. The Morgan fingerprint density at radius 3 is 2.46 bits per heavy atom. The predicted molar refractivity (Wildman–Crippen MR) is 104 cm³/mol. The summed E-state index contributed by atoms with van der Waals surface area (Å²) in [4.78, 5) is 28.2. The van der Waals surface area contributed by atoms with E-state index < -0.39 is 0 Å². The third-order valence-corrected chi connectivity index (χ3v) is 5.19. The lowest BCUT2D eigenvalue weighted by Gasteiger charge is -2.12. The number of para-hydroxylation sites is 1. The van der Waals surface area contributed by atoms with Crippen LogP contribution in [0.15, 0.2) is 71.0 Å². The molecule has 0 aliphatic carbocycles. The Bertz CT molecular complexity index is 906. The molecule has 1 aliphatic heterocycles. The van der Waals surface area contributed by atoms with E-state index in [0.717, 1.165) is 4.90 Å². The highest BCUT2D eigenvalue weighted by atomic mass is 35.5. The molecule has 0 unspecified atom stereocenters. The molecule has 0 fully saturated rings. The van der Waals surface area contributed by atoms with Gasteiger partial charge in [0.1, 0.15) is 5.75 Å². The Labute approximate surface area is 161 Å². The van der Waals surface area contributed by atoms with Crippen molar-refractivity contribution in [2.75, 3.05) is 13.7 Å². The minimum absolute atomic E-state index is 0.154. The van der Waals surface area contributed by atoms with Gasteiger partial charge < -0.3 is 4.74 Å². The standard InChI is InChI=1S/C20H16ClNO3S/c1-3-12-22-19(23)17(15-6-4-5-7-16(15)25-2)18(20(22)24)26-14-10-8-13(21)9-11-14/h3-11H,1,12H2,2H3. The van der Waals surface area contributed by atoms with Gasteiger partial charge in [-0.2, -0.15) is 0 Å². The van der Waals surface area contributed by atoms with Crippen molar-refractivity contribution in [3.63, 3.8) is 0 Å². The molecule has 4 nitrogen and oxygen atoms in total. The van der Waals surface area contributed by atoms with Gasteiger partial charge in [0, 0.05) is 22.0 Å². The van der Waals surface area contributed by atoms with E-state index in [4.69, 9.17) is 16.3 Å². The van der Waals surface area contributed by atoms with Crippen LogP contribution in [-0.4, -0.2) is 30.4 Å². The zero-order chi connectivity index (χ0) is 18.7. The summed E-state index contributed by atoms with van der Waals surface area (Å²) in [5.74, 6) is -0.148. The van der Waals surface area contributed by atoms with Crippen LogP contribution in [0.3, 0.4) is 0 Å². The van der Waals surface area contributed by atoms with Gasteiger partial charge >= 0.3 is 0 Å². The molecular weight excluding hydrogens is 370 g/mol. The second-order valence-electron chi connectivity index (χ2n) is 5.47. The van der Waals surface area contributed by atoms with Gasteiger partial charge in [-0.15, -0.1) is 6.58 Å². The van der Waals surface area contributed by atoms with Crippen LogP contribution >= 0.6 is 23.4 Å². The van der Waals surface area contributed by atoms with Gasteiger partial charge in [-0.3, -0.25) is 14.5 Å². The first-order chi connectivity index (χ1) is 12.6. The molecule has 0 bridgehead atoms. The largest absolute Gasteiger partial charge is 0.496 e. The minimum atomic E-state index is -0.351. The molecule has 0 aromatic heterocycles. The Kier molecular flexibility index (Phi) is 5.49. The summed E-state index contributed by atoms with van der Waals surface area (Å²) < 4.78 is 5.39. The number of halogens is 1. The smallest absolute Gasteiger partial charge is 0.268 e. The molecule has 0 spiro atoms. The fourth-order valence-corrected chi connectivity index (χ4v) is 3.78. The van der Waals surface area contributed by atoms with Crippen LogP contribution in [0.2, 0.25) is 5.02 Å². The SMILES string of the molecule is C=CCN1C(=O)C(Sc2ccc(Cl)cc2)=C(c2ccccc2OC)C1=O. The first kappa shape index (κ1) is 18.3. The van der Waals surface area contributed by atoms with Gasteiger partial charge in [0.2, 0.25) is 0 Å². The van der Waals surface area contributed by atoms with Crippen molar-refractivity contribution >= 4 is 40.8 Å². The molecule has 1 heterocycles. The molecular formula is C20H16ClNO3S. The van der Waals surface area contributed by atoms with E-state index >= 15 is 0 Å². The van der Waals surface area contributed by atoms with Crippen LogP contribution in [0, 0.1) is 0 Å². The number of hydrogen-bond acceptors (Lipinski definition) is 4. The van der Waals surface area contributed by atoms with Crippen LogP contribution in [0.4, 0.5) is 0 Å². The van der Waals surface area contributed by atoms with Crippen molar-refractivity contribution in [2.24, 2.45) is 0 Å². The maximum atomic E-state index is 12.9. The highest BCUT2D eigenvalue weighted by Crippen LogP contribution is 2.42. The lowest BCUT2D eigenvalue weighted by Crippen LogP contribution is -2.31. The van der Waals surface area contributed by atoms with Crippen molar-refractivity contribution in [1.82, 2.24) is 4.90 Å². The molecule has 2 aromatic carbocycles. The van der Waals surface area contributed by atoms with E-state index in [0.29, 0.717) is 26.8 Å². The number of amides is 2. The monoisotopic (exact) mass is 385 g/mol. The van der Waals surface area contributed by atoms with Gasteiger partial charge in [-0.25, -0.2) is 0 Å². The van der Waals surface area contributed by atoms with Crippen molar-refractivity contribution in [3.8, 4) is 5.75 Å². The molecule has 0 saturated carbocycles. The van der Waals surface area contributed by atoms with Crippen LogP contribution in [-0.2, 0) is 9.59 Å². The summed E-state index contributed by atoms with van der Waals surface area (Å²) in [5.41, 5.74) is 0.936. The molecule has 2 aromatic rings. The molecule has 6 heteroatoms. The van der Waals surface area contributed by atoms with Crippen molar-refractivity contribution in [1.29, 1.82) is 0 Å².